The minimum absolute atomic E-state index is 0.00917. The van der Waals surface area contributed by atoms with E-state index in [2.05, 4.69) is 0 Å². The second-order valence-corrected chi connectivity index (χ2v) is 2.94. The summed E-state index contributed by atoms with van der Waals surface area (Å²) in [7, 11) is 3.37. The van der Waals surface area contributed by atoms with Gasteiger partial charge in [-0.1, -0.05) is 12.1 Å². The number of nitrogens with two attached hydrogens (primary N) is 1. The minimum Gasteiger partial charge on any atom is -0.497 e. The lowest BCUT2D eigenvalue weighted by Gasteiger charge is -2.09. The summed E-state index contributed by atoms with van der Waals surface area (Å²) in [6.45, 7) is 0.497. The molecule has 0 aliphatic carbocycles. The van der Waals surface area contributed by atoms with Crippen molar-refractivity contribution in [3.63, 3.8) is 0 Å². The Labute approximate surface area is 78.1 Å². The second-order valence-electron chi connectivity index (χ2n) is 2.94. The average molecular weight is 176 g/mol. The quantitative estimate of drug-likeness (QED) is 0.643. The topological polar surface area (TPSA) is 44.5 Å². The van der Waals surface area contributed by atoms with Gasteiger partial charge in [0.25, 0.3) is 0 Å². The van der Waals surface area contributed by atoms with Gasteiger partial charge in [-0.25, -0.2) is 0 Å². The fraction of sp³-hybridized carbons (Fsp3) is 0.333. The third-order valence-corrected chi connectivity index (χ3v) is 2.23. The Bertz CT molecular complexity index is 316. The van der Waals surface area contributed by atoms with Crippen molar-refractivity contribution in [2.45, 2.75) is 6.10 Å². The van der Waals surface area contributed by atoms with Gasteiger partial charge in [0.1, 0.15) is 5.75 Å². The van der Waals surface area contributed by atoms with Gasteiger partial charge in [0.05, 0.1) is 13.2 Å². The molecule has 4 heteroatoms. The van der Waals surface area contributed by atoms with Crippen LogP contribution in [0.4, 0.5) is 0 Å². The van der Waals surface area contributed by atoms with Crippen molar-refractivity contribution in [2.75, 3.05) is 13.7 Å². The number of hydrogen-bond donors (Lipinski definition) is 1. The molecule has 0 bridgehead atoms. The lowest BCUT2D eigenvalue weighted by Crippen LogP contribution is -2.15. The summed E-state index contributed by atoms with van der Waals surface area (Å²) in [4.78, 5) is 0. The van der Waals surface area contributed by atoms with E-state index in [0.29, 0.717) is 6.54 Å². The molecule has 0 saturated heterocycles. The van der Waals surface area contributed by atoms with Crippen molar-refractivity contribution in [1.82, 2.24) is 0 Å². The van der Waals surface area contributed by atoms with Crippen molar-refractivity contribution >= 4 is 12.9 Å². The van der Waals surface area contributed by atoms with Gasteiger partial charge in [0.2, 0.25) is 0 Å². The zero-order chi connectivity index (χ0) is 9.26. The molecule has 1 aliphatic heterocycles. The summed E-state index contributed by atoms with van der Waals surface area (Å²) in [5.74, 6) is 0.841. The number of hydrogen-bond acceptors (Lipinski definition) is 3. The van der Waals surface area contributed by atoms with Gasteiger partial charge in [-0.15, -0.1) is 0 Å². The maximum Gasteiger partial charge on any atom is 0.335 e. The first-order valence-corrected chi connectivity index (χ1v) is 4.22. The third-order valence-electron chi connectivity index (χ3n) is 2.23. The lowest BCUT2D eigenvalue weighted by molar-refractivity contribution is 0.243. The van der Waals surface area contributed by atoms with Gasteiger partial charge in [-0.3, -0.25) is 0 Å². The maximum absolute atomic E-state index is 5.55. The fourth-order valence-corrected chi connectivity index (χ4v) is 1.55. The van der Waals surface area contributed by atoms with Crippen LogP contribution in [0.25, 0.3) is 0 Å². The van der Waals surface area contributed by atoms with Crippen molar-refractivity contribution in [1.29, 1.82) is 0 Å². The normalized spacial score (nSPS) is 19.4. The number of benzene rings is 1. The van der Waals surface area contributed by atoms with Crippen LogP contribution < -0.4 is 15.9 Å². The SMILES string of the molecule is COc1cccc2c1[B]O[C@H]2CN. The standard InChI is InChI=1S/C9H11BNO2/c1-12-7-4-2-3-6-8(5-11)13-10-9(6)7/h2-4,8H,5,11H2,1H3/t8-/m0/s1. The summed E-state index contributed by atoms with van der Waals surface area (Å²) >= 11 is 0. The first-order valence-electron chi connectivity index (χ1n) is 4.22. The first kappa shape index (κ1) is 8.60. The van der Waals surface area contributed by atoms with Crippen LogP contribution in [0, 0.1) is 0 Å². The van der Waals surface area contributed by atoms with E-state index >= 15 is 0 Å². The van der Waals surface area contributed by atoms with Crippen molar-refractivity contribution in [2.24, 2.45) is 5.73 Å². The molecule has 13 heavy (non-hydrogen) atoms. The highest BCUT2D eigenvalue weighted by molar-refractivity contribution is 6.50. The molecule has 1 aromatic rings. The monoisotopic (exact) mass is 176 g/mol. The Balaban J connectivity index is 2.43. The van der Waals surface area contributed by atoms with Gasteiger partial charge < -0.3 is 15.1 Å². The van der Waals surface area contributed by atoms with E-state index in [1.807, 2.05) is 18.2 Å². The van der Waals surface area contributed by atoms with E-state index in [1.54, 1.807) is 14.6 Å². The molecular weight excluding hydrogens is 165 g/mol. The molecule has 3 nitrogen and oxygen atoms in total. The highest BCUT2D eigenvalue weighted by Gasteiger charge is 2.25. The van der Waals surface area contributed by atoms with E-state index in [-0.39, 0.29) is 6.10 Å². The largest absolute Gasteiger partial charge is 0.497 e. The summed E-state index contributed by atoms with van der Waals surface area (Å²) in [6, 6.07) is 5.87. The molecule has 0 unspecified atom stereocenters. The van der Waals surface area contributed by atoms with Crippen LogP contribution in [0.3, 0.4) is 0 Å². The van der Waals surface area contributed by atoms with Crippen molar-refractivity contribution in [3.05, 3.63) is 23.8 Å². The lowest BCUT2D eigenvalue weighted by atomic mass is 9.85. The molecule has 1 heterocycles. The molecule has 1 aromatic carbocycles. The summed E-state index contributed by atoms with van der Waals surface area (Å²) in [6.07, 6.45) is -0.00917. The van der Waals surface area contributed by atoms with E-state index in [0.717, 1.165) is 16.8 Å². The van der Waals surface area contributed by atoms with E-state index in [9.17, 15) is 0 Å². The minimum atomic E-state index is -0.00917. The molecule has 0 fully saturated rings. The van der Waals surface area contributed by atoms with Crippen LogP contribution in [-0.2, 0) is 4.65 Å². The smallest absolute Gasteiger partial charge is 0.335 e. The Morgan fingerprint density at radius 3 is 3.15 bits per heavy atom. The van der Waals surface area contributed by atoms with Gasteiger partial charge in [-0.05, 0) is 17.1 Å². The van der Waals surface area contributed by atoms with Gasteiger partial charge in [0.15, 0.2) is 0 Å². The van der Waals surface area contributed by atoms with Crippen LogP contribution >= 0.6 is 0 Å². The average Bonchev–Trinajstić information content (AvgIpc) is 2.60. The molecular formula is C9H11BNO2. The third kappa shape index (κ3) is 1.32. The summed E-state index contributed by atoms with van der Waals surface area (Å²) in [5.41, 5.74) is 7.68. The highest BCUT2D eigenvalue weighted by Crippen LogP contribution is 2.23. The molecule has 2 rings (SSSR count). The first-order chi connectivity index (χ1) is 6.36. The molecule has 2 N–H and O–H groups in total. The number of ether oxygens (including phenoxy) is 1. The molecule has 1 aliphatic rings. The molecule has 1 radical (unpaired) electrons. The van der Waals surface area contributed by atoms with Crippen LogP contribution in [-0.4, -0.2) is 21.1 Å². The van der Waals surface area contributed by atoms with Crippen LogP contribution in [0.1, 0.15) is 11.7 Å². The summed E-state index contributed by atoms with van der Waals surface area (Å²) < 4.78 is 10.6. The fourth-order valence-electron chi connectivity index (χ4n) is 1.55. The molecule has 0 saturated carbocycles. The predicted molar refractivity (Wildman–Crippen MR) is 51.3 cm³/mol. The molecule has 67 valence electrons. The van der Waals surface area contributed by atoms with Crippen LogP contribution in [0.2, 0.25) is 0 Å². The van der Waals surface area contributed by atoms with Crippen LogP contribution in [0.15, 0.2) is 18.2 Å². The van der Waals surface area contributed by atoms with Gasteiger partial charge >= 0.3 is 7.48 Å². The Hall–Kier alpha value is -0.995. The van der Waals surface area contributed by atoms with Gasteiger partial charge in [-0.2, -0.15) is 0 Å². The molecule has 1 atom stereocenters. The summed E-state index contributed by atoms with van der Waals surface area (Å²) in [5, 5.41) is 0. The maximum atomic E-state index is 5.55. The Morgan fingerprint density at radius 1 is 1.62 bits per heavy atom. The van der Waals surface area contributed by atoms with Crippen molar-refractivity contribution < 1.29 is 9.39 Å². The predicted octanol–water partition coefficient (Wildman–Crippen LogP) is -0.0303. The number of methoxy groups -OCH3 is 1. The van der Waals surface area contributed by atoms with E-state index in [4.69, 9.17) is 15.1 Å². The zero-order valence-corrected chi connectivity index (χ0v) is 7.49. The molecule has 0 amide bonds. The van der Waals surface area contributed by atoms with Crippen LogP contribution in [0.5, 0.6) is 5.75 Å². The number of fused-ring (bicyclic) bond motifs is 1. The Morgan fingerprint density at radius 2 is 2.46 bits per heavy atom. The highest BCUT2D eigenvalue weighted by atomic mass is 16.5. The second kappa shape index (κ2) is 3.40. The Kier molecular flexibility index (Phi) is 2.25. The van der Waals surface area contributed by atoms with Gasteiger partial charge in [0, 0.05) is 6.54 Å². The van der Waals surface area contributed by atoms with E-state index in [1.165, 1.54) is 0 Å². The zero-order valence-electron chi connectivity index (χ0n) is 7.49. The van der Waals surface area contributed by atoms with E-state index < -0.39 is 0 Å². The molecule has 0 aromatic heterocycles. The molecule has 0 spiro atoms. The number of rotatable bonds is 2. The van der Waals surface area contributed by atoms with Crippen molar-refractivity contribution in [3.8, 4) is 5.75 Å².